The highest BCUT2D eigenvalue weighted by molar-refractivity contribution is 7.99. The molecule has 1 aromatic heterocycles. The average molecular weight is 304 g/mol. The highest BCUT2D eigenvalue weighted by Crippen LogP contribution is 2.27. The highest BCUT2D eigenvalue weighted by atomic mass is 32.2. The van der Waals surface area contributed by atoms with Crippen molar-refractivity contribution >= 4 is 17.6 Å². The summed E-state index contributed by atoms with van der Waals surface area (Å²) in [7, 11) is 0. The average Bonchev–Trinajstić information content (AvgIpc) is 2.94. The molecule has 5 heteroatoms. The molecule has 0 unspecified atom stereocenters. The Morgan fingerprint density at radius 1 is 1.19 bits per heavy atom. The van der Waals surface area contributed by atoms with Gasteiger partial charge in [-0.15, -0.1) is 5.10 Å². The minimum atomic E-state index is 0.764. The number of thioether (sulfide) groups is 1. The first kappa shape index (κ1) is 13.8. The molecule has 0 radical (unpaired) electrons. The van der Waals surface area contributed by atoms with Gasteiger partial charge in [-0.05, 0) is 55.2 Å². The van der Waals surface area contributed by atoms with Crippen molar-refractivity contribution < 1.29 is 0 Å². The maximum atomic E-state index is 4.41. The predicted molar refractivity (Wildman–Crippen MR) is 88.1 cm³/mol. The Balaban J connectivity index is 1.25. The first-order valence-corrected chi connectivity index (χ1v) is 9.45. The van der Waals surface area contributed by atoms with Gasteiger partial charge in [0.15, 0.2) is 5.82 Å². The molecule has 3 heterocycles. The third-order valence-electron chi connectivity index (χ3n) is 5.00. The summed E-state index contributed by atoms with van der Waals surface area (Å²) in [6.07, 6.45) is 6.25. The number of anilines is 1. The van der Waals surface area contributed by atoms with Gasteiger partial charge in [0.2, 0.25) is 0 Å². The lowest BCUT2D eigenvalue weighted by Gasteiger charge is -2.41. The van der Waals surface area contributed by atoms with Gasteiger partial charge in [-0.25, -0.2) is 0 Å². The molecule has 0 aromatic carbocycles. The summed E-state index contributed by atoms with van der Waals surface area (Å²) < 4.78 is 0. The van der Waals surface area contributed by atoms with E-state index >= 15 is 0 Å². The number of aromatic nitrogens is 2. The number of hydrogen-bond acceptors (Lipinski definition) is 5. The Labute approximate surface area is 131 Å². The number of nitrogens with zero attached hydrogens (tertiary/aromatic N) is 3. The summed E-state index contributed by atoms with van der Waals surface area (Å²) in [5.41, 5.74) is 2.66. The summed E-state index contributed by atoms with van der Waals surface area (Å²) in [6.45, 7) is 3.45. The second-order valence-electron chi connectivity index (χ2n) is 6.59. The molecule has 1 aliphatic carbocycles. The summed E-state index contributed by atoms with van der Waals surface area (Å²) in [4.78, 5) is 2.38. The Bertz CT molecular complexity index is 495. The SMILES string of the molecule is c1c(N2CC(CNC3CCSCC3)C2)nnc2c1CCC2. The number of nitrogens with one attached hydrogen (secondary N) is 1. The number of aryl methyl sites for hydroxylation is 2. The summed E-state index contributed by atoms with van der Waals surface area (Å²) in [6, 6.07) is 3.04. The molecule has 1 N–H and O–H groups in total. The van der Waals surface area contributed by atoms with E-state index in [1.165, 1.54) is 55.0 Å². The molecule has 2 aliphatic heterocycles. The Kier molecular flexibility index (Phi) is 4.03. The molecule has 0 spiro atoms. The van der Waals surface area contributed by atoms with Crippen LogP contribution in [0.2, 0.25) is 0 Å². The van der Waals surface area contributed by atoms with Crippen molar-refractivity contribution in [1.29, 1.82) is 0 Å². The van der Waals surface area contributed by atoms with Crippen LogP contribution in [0.4, 0.5) is 5.82 Å². The summed E-state index contributed by atoms with van der Waals surface area (Å²) in [5, 5.41) is 12.6. The minimum Gasteiger partial charge on any atom is -0.354 e. The molecular weight excluding hydrogens is 280 g/mol. The maximum Gasteiger partial charge on any atom is 0.151 e. The Morgan fingerprint density at radius 3 is 2.90 bits per heavy atom. The lowest BCUT2D eigenvalue weighted by molar-refractivity contribution is 0.351. The van der Waals surface area contributed by atoms with Crippen LogP contribution in [-0.2, 0) is 12.8 Å². The molecule has 1 aromatic rings. The van der Waals surface area contributed by atoms with Crippen LogP contribution in [0.15, 0.2) is 6.07 Å². The molecular formula is C16H24N4S. The van der Waals surface area contributed by atoms with Gasteiger partial charge in [0.25, 0.3) is 0 Å². The smallest absolute Gasteiger partial charge is 0.151 e. The number of hydrogen-bond donors (Lipinski definition) is 1. The van der Waals surface area contributed by atoms with E-state index < -0.39 is 0 Å². The molecule has 114 valence electrons. The lowest BCUT2D eigenvalue weighted by atomic mass is 9.99. The number of rotatable bonds is 4. The molecule has 2 fully saturated rings. The second-order valence-corrected chi connectivity index (χ2v) is 7.82. The largest absolute Gasteiger partial charge is 0.354 e. The van der Waals surface area contributed by atoms with E-state index in [-0.39, 0.29) is 0 Å². The van der Waals surface area contributed by atoms with Crippen molar-refractivity contribution in [2.24, 2.45) is 5.92 Å². The quantitative estimate of drug-likeness (QED) is 0.920. The second kappa shape index (κ2) is 6.13. The van der Waals surface area contributed by atoms with E-state index in [0.717, 1.165) is 37.3 Å². The van der Waals surface area contributed by atoms with E-state index in [9.17, 15) is 0 Å². The fourth-order valence-corrected chi connectivity index (χ4v) is 4.70. The first-order chi connectivity index (χ1) is 10.4. The van der Waals surface area contributed by atoms with E-state index in [1.54, 1.807) is 0 Å². The molecule has 0 bridgehead atoms. The highest BCUT2D eigenvalue weighted by Gasteiger charge is 2.29. The van der Waals surface area contributed by atoms with Gasteiger partial charge in [0.05, 0.1) is 5.69 Å². The lowest BCUT2D eigenvalue weighted by Crippen LogP contribution is -2.52. The minimum absolute atomic E-state index is 0.764. The van der Waals surface area contributed by atoms with Crippen molar-refractivity contribution in [1.82, 2.24) is 15.5 Å². The van der Waals surface area contributed by atoms with Crippen LogP contribution >= 0.6 is 11.8 Å². The van der Waals surface area contributed by atoms with Crippen molar-refractivity contribution in [3.63, 3.8) is 0 Å². The van der Waals surface area contributed by atoms with E-state index in [0.29, 0.717) is 0 Å². The van der Waals surface area contributed by atoms with Crippen LogP contribution in [0.3, 0.4) is 0 Å². The van der Waals surface area contributed by atoms with Crippen molar-refractivity contribution in [2.75, 3.05) is 36.0 Å². The van der Waals surface area contributed by atoms with Crippen LogP contribution in [0.25, 0.3) is 0 Å². The topological polar surface area (TPSA) is 41.0 Å². The third-order valence-corrected chi connectivity index (χ3v) is 6.05. The van der Waals surface area contributed by atoms with Crippen LogP contribution in [0.1, 0.15) is 30.5 Å². The molecule has 0 amide bonds. The van der Waals surface area contributed by atoms with Gasteiger partial charge in [0.1, 0.15) is 0 Å². The van der Waals surface area contributed by atoms with Crippen LogP contribution < -0.4 is 10.2 Å². The fourth-order valence-electron chi connectivity index (χ4n) is 3.59. The predicted octanol–water partition coefficient (Wildman–Crippen LogP) is 1.89. The van der Waals surface area contributed by atoms with Gasteiger partial charge in [-0.3, -0.25) is 0 Å². The first-order valence-electron chi connectivity index (χ1n) is 8.30. The standard InChI is InChI=1S/C16H24N4S/c1-2-13-8-16(19-18-15(13)3-1)20-10-12(11-20)9-17-14-4-6-21-7-5-14/h8,12,14,17H,1-7,9-11H2. The van der Waals surface area contributed by atoms with E-state index in [1.807, 2.05) is 0 Å². The van der Waals surface area contributed by atoms with Gasteiger partial charge in [0, 0.05) is 31.6 Å². The number of fused-ring (bicyclic) bond motifs is 1. The summed E-state index contributed by atoms with van der Waals surface area (Å²) >= 11 is 2.10. The molecule has 4 nitrogen and oxygen atoms in total. The van der Waals surface area contributed by atoms with Crippen LogP contribution in [0.5, 0.6) is 0 Å². The zero-order valence-electron chi connectivity index (χ0n) is 12.6. The van der Waals surface area contributed by atoms with E-state index in [2.05, 4.69) is 38.2 Å². The normalized spacial score (nSPS) is 23.1. The Morgan fingerprint density at radius 2 is 2.05 bits per heavy atom. The van der Waals surface area contributed by atoms with Crippen molar-refractivity contribution in [3.05, 3.63) is 17.3 Å². The third kappa shape index (κ3) is 3.04. The van der Waals surface area contributed by atoms with Gasteiger partial charge in [-0.1, -0.05) is 0 Å². The molecule has 4 rings (SSSR count). The maximum absolute atomic E-state index is 4.41. The monoisotopic (exact) mass is 304 g/mol. The van der Waals surface area contributed by atoms with Crippen molar-refractivity contribution in [3.8, 4) is 0 Å². The Hall–Kier alpha value is -0.810. The van der Waals surface area contributed by atoms with Crippen LogP contribution in [-0.4, -0.2) is 47.4 Å². The van der Waals surface area contributed by atoms with E-state index in [4.69, 9.17) is 0 Å². The van der Waals surface area contributed by atoms with Crippen LogP contribution in [0, 0.1) is 5.92 Å². The molecule has 2 saturated heterocycles. The van der Waals surface area contributed by atoms with Gasteiger partial charge < -0.3 is 10.2 Å². The zero-order chi connectivity index (χ0) is 14.1. The molecule has 3 aliphatic rings. The fraction of sp³-hybridized carbons (Fsp3) is 0.750. The van der Waals surface area contributed by atoms with Gasteiger partial charge in [-0.2, -0.15) is 16.9 Å². The molecule has 0 saturated carbocycles. The zero-order valence-corrected chi connectivity index (χ0v) is 13.4. The van der Waals surface area contributed by atoms with Gasteiger partial charge >= 0.3 is 0 Å². The summed E-state index contributed by atoms with van der Waals surface area (Å²) in [5.74, 6) is 4.55. The molecule has 21 heavy (non-hydrogen) atoms. The molecule has 0 atom stereocenters. The van der Waals surface area contributed by atoms with Crippen molar-refractivity contribution in [2.45, 2.75) is 38.1 Å².